The molecule has 1 saturated carbocycles. The van der Waals surface area contributed by atoms with Crippen molar-refractivity contribution in [2.45, 2.75) is 39.0 Å². The number of likely N-dealkylation sites (tertiary alicyclic amines) is 1. The van der Waals surface area contributed by atoms with Crippen LogP contribution in [0.2, 0.25) is 0 Å². The lowest BCUT2D eigenvalue weighted by Gasteiger charge is -2.20. The molecule has 2 fully saturated rings. The number of imide groups is 1. The van der Waals surface area contributed by atoms with E-state index in [1.165, 1.54) is 0 Å². The summed E-state index contributed by atoms with van der Waals surface area (Å²) >= 11 is 0. The second kappa shape index (κ2) is 4.98. The summed E-state index contributed by atoms with van der Waals surface area (Å²) in [6.45, 7) is 1.45. The maximum atomic E-state index is 12.4. The van der Waals surface area contributed by atoms with Crippen molar-refractivity contribution in [2.24, 2.45) is 5.41 Å². The molecule has 1 aromatic rings. The van der Waals surface area contributed by atoms with Gasteiger partial charge in [0.25, 0.3) is 0 Å². The van der Waals surface area contributed by atoms with Crippen LogP contribution in [0.1, 0.15) is 37.9 Å². The van der Waals surface area contributed by atoms with E-state index in [1.807, 2.05) is 0 Å². The molecule has 3 amide bonds. The molecule has 1 spiro atoms. The summed E-state index contributed by atoms with van der Waals surface area (Å²) < 4.78 is 4.84. The number of carbonyl (C=O) groups excluding carboxylic acids is 3. The highest BCUT2D eigenvalue weighted by Crippen LogP contribution is 2.46. The zero-order chi connectivity index (χ0) is 15.0. The van der Waals surface area contributed by atoms with Gasteiger partial charge in [0.2, 0.25) is 17.7 Å². The van der Waals surface area contributed by atoms with Gasteiger partial charge in [-0.05, 0) is 19.8 Å². The molecule has 7 heteroatoms. The van der Waals surface area contributed by atoms with Crippen molar-refractivity contribution in [3.63, 3.8) is 0 Å². The molecule has 0 atom stereocenters. The van der Waals surface area contributed by atoms with E-state index in [2.05, 4.69) is 10.5 Å². The molecule has 2 heterocycles. The number of aromatic nitrogens is 1. The van der Waals surface area contributed by atoms with Crippen molar-refractivity contribution in [3.8, 4) is 0 Å². The number of nitrogens with one attached hydrogen (secondary N) is 1. The Labute approximate surface area is 121 Å². The average molecular weight is 291 g/mol. The molecular weight excluding hydrogens is 274 g/mol. The van der Waals surface area contributed by atoms with E-state index < -0.39 is 11.3 Å². The van der Waals surface area contributed by atoms with Gasteiger partial charge >= 0.3 is 0 Å². The highest BCUT2D eigenvalue weighted by molar-refractivity contribution is 6.09. The van der Waals surface area contributed by atoms with Gasteiger partial charge in [-0.25, -0.2) is 0 Å². The van der Waals surface area contributed by atoms with Crippen molar-refractivity contribution in [3.05, 3.63) is 11.8 Å². The van der Waals surface area contributed by atoms with Crippen LogP contribution in [-0.4, -0.2) is 34.3 Å². The van der Waals surface area contributed by atoms with E-state index in [0.717, 1.165) is 30.6 Å². The minimum absolute atomic E-state index is 0.198. The number of hydrogen-bond donors (Lipinski definition) is 1. The highest BCUT2D eigenvalue weighted by atomic mass is 16.5. The fourth-order valence-corrected chi connectivity index (χ4v) is 3.21. The maximum Gasteiger partial charge on any atom is 0.245 e. The van der Waals surface area contributed by atoms with E-state index in [9.17, 15) is 14.4 Å². The van der Waals surface area contributed by atoms with Crippen molar-refractivity contribution in [1.29, 1.82) is 0 Å². The summed E-state index contributed by atoms with van der Waals surface area (Å²) in [6, 6.07) is 1.57. The molecule has 2 aliphatic rings. The first-order valence-corrected chi connectivity index (χ1v) is 7.08. The molecule has 1 N–H and O–H groups in total. The Hall–Kier alpha value is -2.18. The summed E-state index contributed by atoms with van der Waals surface area (Å²) in [4.78, 5) is 37.5. The van der Waals surface area contributed by atoms with Gasteiger partial charge in [-0.15, -0.1) is 0 Å². The first kappa shape index (κ1) is 13.8. The standard InChI is InChI=1S/C14H17N3O4/c1-9-6-10(16-21-9)15-11(18)8-17-12(19)7-14(13(17)20)4-2-3-5-14/h6H,2-5,7-8H2,1H3,(H,15,16,18). The number of nitrogens with zero attached hydrogens (tertiary/aromatic N) is 2. The molecule has 21 heavy (non-hydrogen) atoms. The summed E-state index contributed by atoms with van der Waals surface area (Å²) in [6.07, 6.45) is 3.67. The molecule has 0 bridgehead atoms. The van der Waals surface area contributed by atoms with Crippen LogP contribution in [0, 0.1) is 12.3 Å². The van der Waals surface area contributed by atoms with Crippen molar-refractivity contribution >= 4 is 23.5 Å². The predicted molar refractivity (Wildman–Crippen MR) is 72.1 cm³/mol. The van der Waals surface area contributed by atoms with Gasteiger partial charge in [0.15, 0.2) is 5.82 Å². The molecule has 0 radical (unpaired) electrons. The first-order chi connectivity index (χ1) is 10.00. The monoisotopic (exact) mass is 291 g/mol. The second-order valence-electron chi connectivity index (χ2n) is 5.82. The summed E-state index contributed by atoms with van der Waals surface area (Å²) in [5.74, 6) is -0.0411. The Bertz CT molecular complexity index is 601. The van der Waals surface area contributed by atoms with E-state index >= 15 is 0 Å². The molecule has 0 unspecified atom stereocenters. The lowest BCUT2D eigenvalue weighted by atomic mass is 9.84. The summed E-state index contributed by atoms with van der Waals surface area (Å²) in [7, 11) is 0. The average Bonchev–Trinajstić information content (AvgIpc) is 3.09. The normalized spacial score (nSPS) is 20.5. The fraction of sp³-hybridized carbons (Fsp3) is 0.571. The Morgan fingerprint density at radius 1 is 1.43 bits per heavy atom. The molecule has 7 nitrogen and oxygen atoms in total. The number of aryl methyl sites for hydroxylation is 1. The van der Waals surface area contributed by atoms with Crippen LogP contribution >= 0.6 is 0 Å². The van der Waals surface area contributed by atoms with Gasteiger partial charge in [0, 0.05) is 12.5 Å². The zero-order valence-electron chi connectivity index (χ0n) is 11.8. The molecular formula is C14H17N3O4. The van der Waals surface area contributed by atoms with Crippen LogP contribution in [0.4, 0.5) is 5.82 Å². The maximum absolute atomic E-state index is 12.4. The third kappa shape index (κ3) is 2.43. The zero-order valence-corrected chi connectivity index (χ0v) is 11.8. The SMILES string of the molecule is Cc1cc(NC(=O)CN2C(=O)CC3(CCCC3)C2=O)no1. The van der Waals surface area contributed by atoms with Crippen LogP contribution in [0.5, 0.6) is 0 Å². The van der Waals surface area contributed by atoms with Crippen molar-refractivity contribution < 1.29 is 18.9 Å². The van der Waals surface area contributed by atoms with E-state index in [4.69, 9.17) is 4.52 Å². The summed E-state index contributed by atoms with van der Waals surface area (Å²) in [5.41, 5.74) is -0.540. The molecule has 1 aliphatic heterocycles. The molecule has 1 saturated heterocycles. The molecule has 3 rings (SSSR count). The van der Waals surface area contributed by atoms with Crippen LogP contribution in [0.3, 0.4) is 0 Å². The summed E-state index contributed by atoms with van der Waals surface area (Å²) in [5, 5.41) is 6.16. The largest absolute Gasteiger partial charge is 0.360 e. The Kier molecular flexibility index (Phi) is 3.27. The van der Waals surface area contributed by atoms with E-state index in [1.54, 1.807) is 13.0 Å². The van der Waals surface area contributed by atoms with Crippen molar-refractivity contribution in [1.82, 2.24) is 10.1 Å². The number of anilines is 1. The quantitative estimate of drug-likeness (QED) is 0.846. The number of rotatable bonds is 3. The number of carbonyl (C=O) groups is 3. The first-order valence-electron chi connectivity index (χ1n) is 7.08. The van der Waals surface area contributed by atoms with E-state index in [-0.39, 0.29) is 30.6 Å². The number of amides is 3. The smallest absolute Gasteiger partial charge is 0.245 e. The van der Waals surface area contributed by atoms with Gasteiger partial charge in [0.05, 0.1) is 5.41 Å². The minimum Gasteiger partial charge on any atom is -0.360 e. The van der Waals surface area contributed by atoms with Gasteiger partial charge in [-0.2, -0.15) is 0 Å². The molecule has 1 aromatic heterocycles. The topological polar surface area (TPSA) is 92.5 Å². The third-order valence-corrected chi connectivity index (χ3v) is 4.25. The molecule has 112 valence electrons. The van der Waals surface area contributed by atoms with Gasteiger partial charge in [-0.1, -0.05) is 18.0 Å². The van der Waals surface area contributed by atoms with Crippen LogP contribution in [-0.2, 0) is 14.4 Å². The highest BCUT2D eigenvalue weighted by Gasteiger charge is 2.52. The van der Waals surface area contributed by atoms with Gasteiger partial charge in [0.1, 0.15) is 12.3 Å². The Morgan fingerprint density at radius 2 is 2.14 bits per heavy atom. The van der Waals surface area contributed by atoms with E-state index in [0.29, 0.717) is 5.76 Å². The van der Waals surface area contributed by atoms with Crippen LogP contribution in [0.15, 0.2) is 10.6 Å². The lowest BCUT2D eigenvalue weighted by molar-refractivity contribution is -0.143. The predicted octanol–water partition coefficient (Wildman–Crippen LogP) is 1.24. The van der Waals surface area contributed by atoms with Gasteiger partial charge in [-0.3, -0.25) is 19.3 Å². The second-order valence-corrected chi connectivity index (χ2v) is 5.82. The minimum atomic E-state index is -0.540. The molecule has 1 aliphatic carbocycles. The van der Waals surface area contributed by atoms with Crippen LogP contribution < -0.4 is 5.32 Å². The van der Waals surface area contributed by atoms with Crippen molar-refractivity contribution in [2.75, 3.05) is 11.9 Å². The lowest BCUT2D eigenvalue weighted by Crippen LogP contribution is -2.39. The van der Waals surface area contributed by atoms with Crippen LogP contribution in [0.25, 0.3) is 0 Å². The molecule has 0 aromatic carbocycles. The Balaban J connectivity index is 1.65. The third-order valence-electron chi connectivity index (χ3n) is 4.25. The number of hydrogen-bond acceptors (Lipinski definition) is 5. The van der Waals surface area contributed by atoms with Gasteiger partial charge < -0.3 is 9.84 Å². The Morgan fingerprint density at radius 3 is 2.76 bits per heavy atom. The fourth-order valence-electron chi connectivity index (χ4n) is 3.21.